The van der Waals surface area contributed by atoms with Crippen molar-refractivity contribution in [1.29, 1.82) is 5.26 Å². The molecule has 1 fully saturated rings. The van der Waals surface area contributed by atoms with Gasteiger partial charge in [-0.05, 0) is 19.8 Å². The number of hydrogen-bond donors (Lipinski definition) is 1. The maximum atomic E-state index is 11.9. The van der Waals surface area contributed by atoms with Crippen molar-refractivity contribution in [1.82, 2.24) is 4.72 Å². The fourth-order valence-corrected chi connectivity index (χ4v) is 5.22. The summed E-state index contributed by atoms with van der Waals surface area (Å²) in [4.78, 5) is 0. The zero-order chi connectivity index (χ0) is 13.1. The highest BCUT2D eigenvalue weighted by Crippen LogP contribution is 2.19. The van der Waals surface area contributed by atoms with Crippen molar-refractivity contribution in [2.24, 2.45) is 0 Å². The van der Waals surface area contributed by atoms with Crippen LogP contribution in [0, 0.1) is 11.3 Å². The molecule has 1 N–H and O–H groups in total. The van der Waals surface area contributed by atoms with Crippen LogP contribution in [0.3, 0.4) is 0 Å². The van der Waals surface area contributed by atoms with Crippen molar-refractivity contribution in [3.05, 3.63) is 0 Å². The first-order valence-electron chi connectivity index (χ1n) is 5.35. The van der Waals surface area contributed by atoms with Crippen molar-refractivity contribution >= 4 is 19.9 Å². The lowest BCUT2D eigenvalue weighted by Crippen LogP contribution is -2.43. The topological polar surface area (TPSA) is 104 Å². The molecule has 0 aromatic carbocycles. The maximum Gasteiger partial charge on any atom is 0.214 e. The van der Waals surface area contributed by atoms with E-state index in [0.29, 0.717) is 0 Å². The van der Waals surface area contributed by atoms with Gasteiger partial charge in [0.1, 0.15) is 9.84 Å². The number of sulfone groups is 1. The van der Waals surface area contributed by atoms with Gasteiger partial charge < -0.3 is 0 Å². The second kappa shape index (κ2) is 5.33. The van der Waals surface area contributed by atoms with Crippen LogP contribution in [-0.2, 0) is 19.9 Å². The van der Waals surface area contributed by atoms with Gasteiger partial charge in [-0.2, -0.15) is 5.26 Å². The monoisotopic (exact) mass is 280 g/mol. The van der Waals surface area contributed by atoms with Crippen LogP contribution in [0.25, 0.3) is 0 Å². The van der Waals surface area contributed by atoms with Crippen LogP contribution in [0.15, 0.2) is 0 Å². The highest BCUT2D eigenvalue weighted by atomic mass is 32.2. The van der Waals surface area contributed by atoms with E-state index in [1.165, 1.54) is 0 Å². The number of sulfonamides is 1. The molecule has 0 amide bonds. The third-order valence-corrected chi connectivity index (χ3v) is 6.50. The molecule has 1 heterocycles. The largest absolute Gasteiger partial charge is 0.229 e. The maximum absolute atomic E-state index is 11.9. The van der Waals surface area contributed by atoms with E-state index in [2.05, 4.69) is 4.72 Å². The third kappa shape index (κ3) is 4.26. The van der Waals surface area contributed by atoms with Gasteiger partial charge in [0.15, 0.2) is 0 Å². The molecule has 1 aliphatic heterocycles. The average Bonchev–Trinajstić information content (AvgIpc) is 2.16. The van der Waals surface area contributed by atoms with E-state index in [4.69, 9.17) is 5.26 Å². The summed E-state index contributed by atoms with van der Waals surface area (Å²) in [5, 5.41) is 7.79. The summed E-state index contributed by atoms with van der Waals surface area (Å²) in [5.41, 5.74) is 0. The Morgan fingerprint density at radius 1 is 1.41 bits per heavy atom. The van der Waals surface area contributed by atoms with Crippen molar-refractivity contribution in [2.45, 2.75) is 37.5 Å². The predicted octanol–water partition coefficient (Wildman–Crippen LogP) is -0.215. The van der Waals surface area contributed by atoms with Crippen LogP contribution >= 0.6 is 0 Å². The molecule has 1 atom stereocenters. The molecular weight excluding hydrogens is 264 g/mol. The summed E-state index contributed by atoms with van der Waals surface area (Å²) in [6.07, 6.45) is 0.373. The first-order chi connectivity index (χ1) is 7.77. The van der Waals surface area contributed by atoms with E-state index in [9.17, 15) is 16.8 Å². The zero-order valence-corrected chi connectivity index (χ0v) is 11.2. The Labute approximate surface area is 102 Å². The van der Waals surface area contributed by atoms with Crippen molar-refractivity contribution < 1.29 is 16.8 Å². The summed E-state index contributed by atoms with van der Waals surface area (Å²) in [6.45, 7) is 1.61. The Kier molecular flexibility index (Phi) is 4.52. The Hall–Kier alpha value is -0.650. The Morgan fingerprint density at radius 3 is 2.41 bits per heavy atom. The minimum atomic E-state index is -3.52. The van der Waals surface area contributed by atoms with E-state index < -0.39 is 31.2 Å². The van der Waals surface area contributed by atoms with Gasteiger partial charge in [0, 0.05) is 6.04 Å². The smallest absolute Gasteiger partial charge is 0.214 e. The summed E-state index contributed by atoms with van der Waals surface area (Å²) >= 11 is 0. The third-order valence-electron chi connectivity index (χ3n) is 2.70. The van der Waals surface area contributed by atoms with Crippen molar-refractivity contribution in [2.75, 3.05) is 11.5 Å². The molecule has 1 saturated heterocycles. The van der Waals surface area contributed by atoms with Crippen LogP contribution in [0.1, 0.15) is 26.2 Å². The molecule has 6 nitrogen and oxygen atoms in total. The molecule has 1 rings (SSSR count). The van der Waals surface area contributed by atoms with Gasteiger partial charge in [0.2, 0.25) is 10.0 Å². The molecular formula is C9H16N2O4S2. The molecule has 0 saturated carbocycles. The summed E-state index contributed by atoms with van der Waals surface area (Å²) in [5.74, 6) is -0.156. The molecule has 0 aromatic heterocycles. The molecule has 8 heteroatoms. The molecule has 0 spiro atoms. The number of rotatable bonds is 4. The number of nitrogens with zero attached hydrogens (tertiary/aromatic N) is 1. The molecule has 0 radical (unpaired) electrons. The fraction of sp³-hybridized carbons (Fsp3) is 0.889. The molecule has 1 unspecified atom stereocenters. The molecule has 0 aromatic rings. The quantitative estimate of drug-likeness (QED) is 0.767. The van der Waals surface area contributed by atoms with Crippen molar-refractivity contribution in [3.63, 3.8) is 0 Å². The summed E-state index contributed by atoms with van der Waals surface area (Å²) < 4.78 is 48.5. The predicted molar refractivity (Wildman–Crippen MR) is 63.4 cm³/mol. The fourth-order valence-electron chi connectivity index (χ4n) is 1.73. The van der Waals surface area contributed by atoms with Crippen LogP contribution in [0.5, 0.6) is 0 Å². The van der Waals surface area contributed by atoms with Gasteiger partial charge in [0.05, 0.1) is 29.2 Å². The second-order valence-electron chi connectivity index (χ2n) is 4.28. The number of nitrogens with one attached hydrogen (secondary N) is 1. The zero-order valence-electron chi connectivity index (χ0n) is 9.59. The summed E-state index contributed by atoms with van der Waals surface area (Å²) in [7, 11) is -6.58. The van der Waals surface area contributed by atoms with Crippen molar-refractivity contribution in [3.8, 4) is 6.07 Å². The Balaban J connectivity index is 2.64. The highest BCUT2D eigenvalue weighted by Gasteiger charge is 2.33. The van der Waals surface area contributed by atoms with Crippen LogP contribution in [0.4, 0.5) is 0 Å². The standard InChI is InChI=1S/C9H16N2O4S2/c1-8(2-5-10)11-17(14,15)9-3-6-16(12,13)7-4-9/h8-9,11H,2-4,6-7H2,1H3. The van der Waals surface area contributed by atoms with Crippen LogP contribution in [0.2, 0.25) is 0 Å². The van der Waals surface area contributed by atoms with Crippen LogP contribution in [-0.4, -0.2) is 39.6 Å². The van der Waals surface area contributed by atoms with Gasteiger partial charge >= 0.3 is 0 Å². The van der Waals surface area contributed by atoms with E-state index in [-0.39, 0.29) is 30.8 Å². The highest BCUT2D eigenvalue weighted by molar-refractivity contribution is 7.92. The molecule has 0 bridgehead atoms. The lowest BCUT2D eigenvalue weighted by atomic mass is 10.2. The lowest BCUT2D eigenvalue weighted by molar-refractivity contribution is 0.531. The van der Waals surface area contributed by atoms with Gasteiger partial charge in [0.25, 0.3) is 0 Å². The normalized spacial score (nSPS) is 22.8. The number of hydrogen-bond acceptors (Lipinski definition) is 5. The van der Waals surface area contributed by atoms with E-state index in [1.54, 1.807) is 6.92 Å². The van der Waals surface area contributed by atoms with E-state index >= 15 is 0 Å². The van der Waals surface area contributed by atoms with E-state index in [1.807, 2.05) is 6.07 Å². The molecule has 98 valence electrons. The van der Waals surface area contributed by atoms with Crippen LogP contribution < -0.4 is 4.72 Å². The average molecular weight is 280 g/mol. The van der Waals surface area contributed by atoms with E-state index in [0.717, 1.165) is 0 Å². The number of nitriles is 1. The van der Waals surface area contributed by atoms with Gasteiger partial charge in [-0.3, -0.25) is 0 Å². The molecule has 1 aliphatic rings. The first-order valence-corrected chi connectivity index (χ1v) is 8.72. The molecule has 0 aliphatic carbocycles. The van der Waals surface area contributed by atoms with Gasteiger partial charge in [-0.25, -0.2) is 21.6 Å². The van der Waals surface area contributed by atoms with Gasteiger partial charge in [-0.1, -0.05) is 0 Å². The minimum Gasteiger partial charge on any atom is -0.229 e. The van der Waals surface area contributed by atoms with Gasteiger partial charge in [-0.15, -0.1) is 0 Å². The summed E-state index contributed by atoms with van der Waals surface area (Å²) in [6, 6.07) is 1.44. The molecule has 17 heavy (non-hydrogen) atoms. The Bertz CT molecular complexity index is 490. The first kappa shape index (κ1) is 14.4. The SMILES string of the molecule is CC(CC#N)NS(=O)(=O)C1CCS(=O)(=O)CC1. The Morgan fingerprint density at radius 2 is 1.94 bits per heavy atom. The lowest BCUT2D eigenvalue weighted by Gasteiger charge is -2.23. The second-order valence-corrected chi connectivity index (χ2v) is 8.57. The minimum absolute atomic E-state index is 0.0782.